The van der Waals surface area contributed by atoms with Crippen LogP contribution >= 0.6 is 15.9 Å². The van der Waals surface area contributed by atoms with Crippen molar-refractivity contribution in [3.8, 4) is 5.75 Å². The number of hydrogen-bond acceptors (Lipinski definition) is 6. The Bertz CT molecular complexity index is 1070. The highest BCUT2D eigenvalue weighted by Gasteiger charge is 2.09. The minimum absolute atomic E-state index is 0.149. The highest BCUT2D eigenvalue weighted by Crippen LogP contribution is 2.24. The van der Waals surface area contributed by atoms with Crippen LogP contribution in [0.3, 0.4) is 0 Å². The van der Waals surface area contributed by atoms with Gasteiger partial charge in [0, 0.05) is 20.8 Å². The van der Waals surface area contributed by atoms with Crippen LogP contribution in [0.25, 0.3) is 16.4 Å². The zero-order valence-electron chi connectivity index (χ0n) is 12.3. The van der Waals surface area contributed by atoms with E-state index in [4.69, 9.17) is 0 Å². The summed E-state index contributed by atoms with van der Waals surface area (Å²) in [6.07, 6.45) is 3.07. The fraction of sp³-hybridized carbons (Fsp3) is 0. The minimum atomic E-state index is 0.149. The molecule has 0 bridgehead atoms. The molecule has 0 unspecified atom stereocenters. The predicted octanol–water partition coefficient (Wildman–Crippen LogP) is 3.19. The lowest BCUT2D eigenvalue weighted by Crippen LogP contribution is -2.00. The van der Waals surface area contributed by atoms with Crippen molar-refractivity contribution >= 4 is 44.4 Å². The molecule has 7 nitrogen and oxygen atoms in total. The molecule has 8 heteroatoms. The second-order valence-corrected chi connectivity index (χ2v) is 5.98. The Kier molecular flexibility index (Phi) is 3.58. The van der Waals surface area contributed by atoms with Gasteiger partial charge in [0.05, 0.1) is 6.21 Å². The van der Waals surface area contributed by atoms with Crippen molar-refractivity contribution in [3.05, 3.63) is 58.8 Å². The van der Waals surface area contributed by atoms with E-state index < -0.39 is 0 Å². The number of aromatic hydroxyl groups is 1. The summed E-state index contributed by atoms with van der Waals surface area (Å²) in [7, 11) is 0. The van der Waals surface area contributed by atoms with Gasteiger partial charge in [0.25, 0.3) is 0 Å². The normalized spacial score (nSPS) is 11.5. The number of benzene rings is 2. The van der Waals surface area contributed by atoms with Gasteiger partial charge < -0.3 is 5.11 Å². The minimum Gasteiger partial charge on any atom is -0.507 e. The molecule has 4 aromatic rings. The van der Waals surface area contributed by atoms with Crippen LogP contribution in [-0.4, -0.2) is 31.1 Å². The monoisotopic (exact) mass is 382 g/mol. The van der Waals surface area contributed by atoms with E-state index in [1.807, 2.05) is 24.3 Å². The van der Waals surface area contributed by atoms with E-state index in [1.165, 1.54) is 12.5 Å². The third kappa shape index (κ3) is 2.56. The summed E-state index contributed by atoms with van der Waals surface area (Å²) in [5.74, 6) is 0.722. The van der Waals surface area contributed by atoms with Crippen LogP contribution in [0.5, 0.6) is 5.75 Å². The summed E-state index contributed by atoms with van der Waals surface area (Å²) in [6.45, 7) is 0. The van der Waals surface area contributed by atoms with Gasteiger partial charge in [-0.05, 0) is 18.2 Å². The summed E-state index contributed by atoms with van der Waals surface area (Å²) in [5.41, 5.74) is 4.19. The smallest absolute Gasteiger partial charge is 0.185 e. The summed E-state index contributed by atoms with van der Waals surface area (Å²) in [5, 5.41) is 28.2. The Morgan fingerprint density at radius 1 is 1.17 bits per heavy atom. The molecule has 24 heavy (non-hydrogen) atoms. The Labute approximate surface area is 144 Å². The molecular formula is C16H11BrN6O. The SMILES string of the molecule is Oc1ccc(Br)cc1/C=N\Nc1nn2cnnc2c2ccccc12. The van der Waals surface area contributed by atoms with Crippen molar-refractivity contribution < 1.29 is 5.11 Å². The number of nitrogens with one attached hydrogen (secondary N) is 1. The Hall–Kier alpha value is -3.00. The van der Waals surface area contributed by atoms with Gasteiger partial charge in [-0.1, -0.05) is 40.2 Å². The summed E-state index contributed by atoms with van der Waals surface area (Å²) < 4.78 is 2.45. The van der Waals surface area contributed by atoms with Crippen LogP contribution in [-0.2, 0) is 0 Å². The van der Waals surface area contributed by atoms with Crippen molar-refractivity contribution in [2.24, 2.45) is 5.10 Å². The van der Waals surface area contributed by atoms with Crippen molar-refractivity contribution in [2.45, 2.75) is 0 Å². The maximum absolute atomic E-state index is 9.84. The number of aromatic nitrogens is 4. The molecule has 0 fully saturated rings. The fourth-order valence-electron chi connectivity index (χ4n) is 2.40. The molecule has 0 radical (unpaired) electrons. The van der Waals surface area contributed by atoms with Crippen molar-refractivity contribution in [1.82, 2.24) is 19.8 Å². The quantitative estimate of drug-likeness (QED) is 0.419. The first-order chi connectivity index (χ1) is 11.7. The van der Waals surface area contributed by atoms with Gasteiger partial charge >= 0.3 is 0 Å². The fourth-order valence-corrected chi connectivity index (χ4v) is 2.78. The first-order valence-corrected chi connectivity index (χ1v) is 7.88. The molecule has 4 rings (SSSR count). The van der Waals surface area contributed by atoms with E-state index in [1.54, 1.807) is 22.7 Å². The third-order valence-electron chi connectivity index (χ3n) is 3.52. The molecule has 0 saturated carbocycles. The zero-order chi connectivity index (χ0) is 16.5. The van der Waals surface area contributed by atoms with E-state index >= 15 is 0 Å². The molecule has 2 aromatic heterocycles. The molecule has 0 saturated heterocycles. The number of fused-ring (bicyclic) bond motifs is 3. The Morgan fingerprint density at radius 3 is 2.88 bits per heavy atom. The lowest BCUT2D eigenvalue weighted by molar-refractivity contribution is 0.474. The van der Waals surface area contributed by atoms with Gasteiger partial charge in [-0.3, -0.25) is 5.43 Å². The van der Waals surface area contributed by atoms with Gasteiger partial charge in [-0.2, -0.15) is 9.62 Å². The lowest BCUT2D eigenvalue weighted by atomic mass is 10.2. The van der Waals surface area contributed by atoms with E-state index in [0.717, 1.165) is 15.2 Å². The lowest BCUT2D eigenvalue weighted by Gasteiger charge is -2.06. The number of halogens is 1. The number of rotatable bonds is 3. The van der Waals surface area contributed by atoms with Gasteiger partial charge in [0.1, 0.15) is 12.1 Å². The van der Waals surface area contributed by atoms with Crippen LogP contribution in [0, 0.1) is 0 Å². The molecule has 0 aliphatic rings. The molecule has 2 aromatic carbocycles. The van der Waals surface area contributed by atoms with E-state index in [0.29, 0.717) is 17.0 Å². The largest absolute Gasteiger partial charge is 0.507 e. The Morgan fingerprint density at radius 2 is 2.00 bits per heavy atom. The molecule has 2 N–H and O–H groups in total. The number of phenols is 1. The first kappa shape index (κ1) is 14.6. The van der Waals surface area contributed by atoms with Crippen molar-refractivity contribution in [1.29, 1.82) is 0 Å². The van der Waals surface area contributed by atoms with E-state index in [-0.39, 0.29) is 5.75 Å². The van der Waals surface area contributed by atoms with Crippen LogP contribution in [0.1, 0.15) is 5.56 Å². The number of nitrogens with zero attached hydrogens (tertiary/aromatic N) is 5. The van der Waals surface area contributed by atoms with Crippen LogP contribution in [0.15, 0.2) is 58.4 Å². The standard InChI is InChI=1S/C16H11BrN6O/c17-11-5-6-14(24)10(7-11)8-18-20-15-12-3-1-2-4-13(12)16-21-19-9-23(16)22-15/h1-9,24H,(H,20,22)/b18-8-. The maximum Gasteiger partial charge on any atom is 0.185 e. The Balaban J connectivity index is 1.73. The summed E-state index contributed by atoms with van der Waals surface area (Å²) in [4.78, 5) is 0. The number of hydrazone groups is 1. The highest BCUT2D eigenvalue weighted by atomic mass is 79.9. The third-order valence-corrected chi connectivity index (χ3v) is 4.02. The molecule has 0 amide bonds. The average Bonchev–Trinajstić information content (AvgIpc) is 3.06. The zero-order valence-corrected chi connectivity index (χ0v) is 13.8. The van der Waals surface area contributed by atoms with Gasteiger partial charge in [-0.15, -0.1) is 15.3 Å². The number of phenolic OH excluding ortho intramolecular Hbond substituents is 1. The molecular weight excluding hydrogens is 372 g/mol. The second-order valence-electron chi connectivity index (χ2n) is 5.07. The van der Waals surface area contributed by atoms with Crippen LogP contribution in [0.4, 0.5) is 5.82 Å². The summed E-state index contributed by atoms with van der Waals surface area (Å²) in [6, 6.07) is 12.9. The molecule has 0 spiro atoms. The molecule has 0 atom stereocenters. The summed E-state index contributed by atoms with van der Waals surface area (Å²) >= 11 is 3.37. The number of anilines is 1. The van der Waals surface area contributed by atoms with Crippen molar-refractivity contribution in [2.75, 3.05) is 5.43 Å². The van der Waals surface area contributed by atoms with Crippen molar-refractivity contribution in [3.63, 3.8) is 0 Å². The van der Waals surface area contributed by atoms with E-state index in [2.05, 4.69) is 41.8 Å². The molecule has 0 aliphatic carbocycles. The van der Waals surface area contributed by atoms with Gasteiger partial charge in [-0.25, -0.2) is 0 Å². The first-order valence-electron chi connectivity index (χ1n) is 7.09. The maximum atomic E-state index is 9.84. The molecule has 118 valence electrons. The second kappa shape index (κ2) is 5.89. The van der Waals surface area contributed by atoms with Crippen LogP contribution < -0.4 is 5.43 Å². The van der Waals surface area contributed by atoms with Gasteiger partial charge in [0.2, 0.25) is 0 Å². The predicted molar refractivity (Wildman–Crippen MR) is 95.3 cm³/mol. The van der Waals surface area contributed by atoms with E-state index in [9.17, 15) is 5.11 Å². The van der Waals surface area contributed by atoms with Crippen LogP contribution in [0.2, 0.25) is 0 Å². The number of hydrogen-bond donors (Lipinski definition) is 2. The highest BCUT2D eigenvalue weighted by molar-refractivity contribution is 9.10. The van der Waals surface area contributed by atoms with Gasteiger partial charge in [0.15, 0.2) is 11.5 Å². The average molecular weight is 383 g/mol. The topological polar surface area (TPSA) is 87.7 Å². The molecule has 0 aliphatic heterocycles. The molecule has 2 heterocycles.